The van der Waals surface area contributed by atoms with Gasteiger partial charge >= 0.3 is 0 Å². The van der Waals surface area contributed by atoms with Gasteiger partial charge in [-0.15, -0.1) is 0 Å². The largest absolute Gasteiger partial charge is 0.362 e. The molecule has 0 fully saturated rings. The van der Waals surface area contributed by atoms with Crippen molar-refractivity contribution in [3.8, 4) is 0 Å². The van der Waals surface area contributed by atoms with Crippen LogP contribution in [0.2, 0.25) is 0 Å². The van der Waals surface area contributed by atoms with Crippen LogP contribution in [-0.4, -0.2) is 24.1 Å². The van der Waals surface area contributed by atoms with Gasteiger partial charge in [-0.25, -0.2) is 4.98 Å². The number of nitrogens with one attached hydrogen (secondary N) is 1. The van der Waals surface area contributed by atoms with Crippen LogP contribution in [0.25, 0.3) is 10.9 Å². The molecule has 0 bridgehead atoms. The van der Waals surface area contributed by atoms with Gasteiger partial charge in [0, 0.05) is 25.2 Å². The number of anilines is 3. The number of para-hydroxylation sites is 1. The van der Waals surface area contributed by atoms with E-state index >= 15 is 0 Å². The van der Waals surface area contributed by atoms with E-state index in [1.165, 1.54) is 11.1 Å². The van der Waals surface area contributed by atoms with Gasteiger partial charge in [-0.2, -0.15) is 4.98 Å². The second-order valence-electron chi connectivity index (χ2n) is 5.71. The lowest BCUT2D eigenvalue weighted by Gasteiger charge is -2.16. The highest BCUT2D eigenvalue weighted by atomic mass is 15.2. The van der Waals surface area contributed by atoms with Crippen LogP contribution in [0.15, 0.2) is 42.5 Å². The van der Waals surface area contributed by atoms with Crippen LogP contribution >= 0.6 is 0 Å². The predicted octanol–water partition coefficient (Wildman–Crippen LogP) is 4.06. The molecule has 3 aromatic rings. The van der Waals surface area contributed by atoms with E-state index in [1.807, 2.05) is 43.3 Å². The molecule has 0 aliphatic carbocycles. The van der Waals surface area contributed by atoms with Gasteiger partial charge in [0.2, 0.25) is 5.95 Å². The third-order valence-electron chi connectivity index (χ3n) is 3.77. The molecular weight excluding hydrogens is 272 g/mol. The number of aryl methyl sites for hydroxylation is 2. The first-order valence-corrected chi connectivity index (χ1v) is 7.33. The maximum absolute atomic E-state index is 4.65. The summed E-state index contributed by atoms with van der Waals surface area (Å²) in [7, 11) is 3.99. The zero-order valence-corrected chi connectivity index (χ0v) is 13.4. The van der Waals surface area contributed by atoms with E-state index in [0.29, 0.717) is 5.95 Å². The number of rotatable bonds is 3. The van der Waals surface area contributed by atoms with E-state index < -0.39 is 0 Å². The number of benzene rings is 2. The zero-order valence-electron chi connectivity index (χ0n) is 13.4. The summed E-state index contributed by atoms with van der Waals surface area (Å²) < 4.78 is 0. The summed E-state index contributed by atoms with van der Waals surface area (Å²) in [6.45, 7) is 4.21. The van der Waals surface area contributed by atoms with Crippen molar-refractivity contribution < 1.29 is 0 Å². The molecule has 2 aromatic carbocycles. The molecule has 0 radical (unpaired) electrons. The fourth-order valence-corrected chi connectivity index (χ4v) is 2.40. The molecule has 0 aliphatic heterocycles. The topological polar surface area (TPSA) is 41.1 Å². The van der Waals surface area contributed by atoms with Gasteiger partial charge in [-0.1, -0.05) is 18.2 Å². The maximum Gasteiger partial charge on any atom is 0.229 e. The molecule has 4 heteroatoms. The molecule has 3 rings (SSSR count). The smallest absolute Gasteiger partial charge is 0.229 e. The van der Waals surface area contributed by atoms with E-state index in [2.05, 4.69) is 47.3 Å². The molecule has 0 saturated heterocycles. The summed E-state index contributed by atoms with van der Waals surface area (Å²) in [6, 6.07) is 14.3. The van der Waals surface area contributed by atoms with Crippen LogP contribution < -0.4 is 10.2 Å². The highest BCUT2D eigenvalue weighted by Gasteiger charge is 2.09. The predicted molar refractivity (Wildman–Crippen MR) is 93.1 cm³/mol. The van der Waals surface area contributed by atoms with Gasteiger partial charge in [0.1, 0.15) is 5.82 Å². The SMILES string of the molecule is Cc1ccc(Nc2nc(N(C)C)c3ccccc3n2)cc1C. The molecular formula is C18H20N4. The van der Waals surface area contributed by atoms with Gasteiger partial charge < -0.3 is 10.2 Å². The zero-order chi connectivity index (χ0) is 15.7. The lowest BCUT2D eigenvalue weighted by molar-refractivity contribution is 1.06. The lowest BCUT2D eigenvalue weighted by Crippen LogP contribution is -2.13. The van der Waals surface area contributed by atoms with Gasteiger partial charge in [0.05, 0.1) is 5.52 Å². The van der Waals surface area contributed by atoms with Gasteiger partial charge in [-0.3, -0.25) is 0 Å². The molecule has 0 aliphatic rings. The molecule has 0 spiro atoms. The summed E-state index contributed by atoms with van der Waals surface area (Å²) in [5.74, 6) is 1.53. The Balaban J connectivity index is 2.05. The lowest BCUT2D eigenvalue weighted by atomic mass is 10.1. The van der Waals surface area contributed by atoms with Crippen molar-refractivity contribution in [2.75, 3.05) is 24.3 Å². The highest BCUT2D eigenvalue weighted by Crippen LogP contribution is 2.25. The third-order valence-corrected chi connectivity index (χ3v) is 3.77. The summed E-state index contributed by atoms with van der Waals surface area (Å²) in [5.41, 5.74) is 4.47. The Hall–Kier alpha value is -2.62. The summed E-state index contributed by atoms with van der Waals surface area (Å²) in [5, 5.41) is 4.36. The monoisotopic (exact) mass is 292 g/mol. The van der Waals surface area contributed by atoms with Crippen molar-refractivity contribution in [3.05, 3.63) is 53.6 Å². The fourth-order valence-electron chi connectivity index (χ4n) is 2.40. The van der Waals surface area contributed by atoms with Crippen molar-refractivity contribution in [1.82, 2.24) is 9.97 Å². The van der Waals surface area contributed by atoms with Crippen molar-refractivity contribution in [2.45, 2.75) is 13.8 Å². The average Bonchev–Trinajstić information content (AvgIpc) is 2.50. The Kier molecular flexibility index (Phi) is 3.67. The van der Waals surface area contributed by atoms with Crippen LogP contribution in [0, 0.1) is 13.8 Å². The minimum Gasteiger partial charge on any atom is -0.362 e. The molecule has 112 valence electrons. The second kappa shape index (κ2) is 5.64. The number of hydrogen-bond acceptors (Lipinski definition) is 4. The Bertz CT molecular complexity index is 824. The first kappa shape index (κ1) is 14.3. The van der Waals surface area contributed by atoms with Crippen LogP contribution in [-0.2, 0) is 0 Å². The number of hydrogen-bond donors (Lipinski definition) is 1. The van der Waals surface area contributed by atoms with Gasteiger partial charge in [0.15, 0.2) is 0 Å². The Morgan fingerprint density at radius 1 is 0.909 bits per heavy atom. The first-order chi connectivity index (χ1) is 10.5. The first-order valence-electron chi connectivity index (χ1n) is 7.33. The average molecular weight is 292 g/mol. The molecule has 4 nitrogen and oxygen atoms in total. The maximum atomic E-state index is 4.65. The van der Waals surface area contributed by atoms with E-state index in [-0.39, 0.29) is 0 Å². The normalized spacial score (nSPS) is 10.7. The summed E-state index contributed by atoms with van der Waals surface area (Å²) in [4.78, 5) is 11.3. The van der Waals surface area contributed by atoms with Gasteiger partial charge in [-0.05, 0) is 49.2 Å². The van der Waals surface area contributed by atoms with Crippen LogP contribution in [0.4, 0.5) is 17.5 Å². The standard InChI is InChI=1S/C18H20N4/c1-12-9-10-14(11-13(12)2)19-18-20-16-8-6-5-7-15(16)17(21-18)22(3)4/h5-11H,1-4H3,(H,19,20,21). The van der Waals surface area contributed by atoms with Crippen molar-refractivity contribution >= 4 is 28.4 Å². The Labute approximate surface area is 130 Å². The molecule has 1 N–H and O–H groups in total. The van der Waals surface area contributed by atoms with E-state index in [9.17, 15) is 0 Å². The van der Waals surface area contributed by atoms with Crippen LogP contribution in [0.1, 0.15) is 11.1 Å². The third kappa shape index (κ3) is 2.72. The van der Waals surface area contributed by atoms with Crippen molar-refractivity contribution in [3.63, 3.8) is 0 Å². The van der Waals surface area contributed by atoms with E-state index in [0.717, 1.165) is 22.4 Å². The summed E-state index contributed by atoms with van der Waals surface area (Å²) >= 11 is 0. The molecule has 1 aromatic heterocycles. The molecule has 0 atom stereocenters. The number of aromatic nitrogens is 2. The van der Waals surface area contributed by atoms with Crippen molar-refractivity contribution in [1.29, 1.82) is 0 Å². The van der Waals surface area contributed by atoms with E-state index in [4.69, 9.17) is 0 Å². The fraction of sp³-hybridized carbons (Fsp3) is 0.222. The second-order valence-corrected chi connectivity index (χ2v) is 5.71. The highest BCUT2D eigenvalue weighted by molar-refractivity contribution is 5.90. The van der Waals surface area contributed by atoms with Crippen LogP contribution in [0.3, 0.4) is 0 Å². The Morgan fingerprint density at radius 2 is 1.68 bits per heavy atom. The summed E-state index contributed by atoms with van der Waals surface area (Å²) in [6.07, 6.45) is 0. The molecule has 0 saturated carbocycles. The van der Waals surface area contributed by atoms with E-state index in [1.54, 1.807) is 0 Å². The molecule has 0 unspecified atom stereocenters. The minimum absolute atomic E-state index is 0.616. The molecule has 1 heterocycles. The Morgan fingerprint density at radius 3 is 2.41 bits per heavy atom. The quantitative estimate of drug-likeness (QED) is 0.790. The van der Waals surface area contributed by atoms with Crippen LogP contribution in [0.5, 0.6) is 0 Å². The van der Waals surface area contributed by atoms with Gasteiger partial charge in [0.25, 0.3) is 0 Å². The number of nitrogens with zero attached hydrogens (tertiary/aromatic N) is 3. The molecule has 0 amide bonds. The van der Waals surface area contributed by atoms with Crippen molar-refractivity contribution in [2.24, 2.45) is 0 Å². The minimum atomic E-state index is 0.616. The number of fused-ring (bicyclic) bond motifs is 1. The molecule has 22 heavy (non-hydrogen) atoms.